The van der Waals surface area contributed by atoms with E-state index in [1.807, 2.05) is 0 Å². The lowest BCUT2D eigenvalue weighted by molar-refractivity contribution is -0.122. The first-order valence-electron chi connectivity index (χ1n) is 7.31. The van der Waals surface area contributed by atoms with Crippen LogP contribution in [0.4, 0.5) is 0 Å². The van der Waals surface area contributed by atoms with Crippen LogP contribution in [0.2, 0.25) is 0 Å². The first kappa shape index (κ1) is 16.0. The Balaban J connectivity index is 2.07. The van der Waals surface area contributed by atoms with Crippen molar-refractivity contribution in [1.82, 2.24) is 16.0 Å². The van der Waals surface area contributed by atoms with Gasteiger partial charge in [-0.25, -0.2) is 0 Å². The van der Waals surface area contributed by atoms with Crippen LogP contribution in [0.15, 0.2) is 0 Å². The predicted octanol–water partition coefficient (Wildman–Crippen LogP) is 0.655. The van der Waals surface area contributed by atoms with Gasteiger partial charge < -0.3 is 16.0 Å². The molecule has 1 aliphatic heterocycles. The molecule has 1 saturated heterocycles. The summed E-state index contributed by atoms with van der Waals surface area (Å²) in [5, 5.41) is 8.98. The van der Waals surface area contributed by atoms with Crippen LogP contribution in [-0.4, -0.2) is 38.0 Å². The first-order valence-corrected chi connectivity index (χ1v) is 7.31. The molecule has 1 heterocycles. The van der Waals surface area contributed by atoms with Gasteiger partial charge in [0, 0.05) is 26.4 Å². The van der Waals surface area contributed by atoms with E-state index >= 15 is 0 Å². The normalized spacial score (nSPS) is 17.8. The van der Waals surface area contributed by atoms with E-state index in [1.54, 1.807) is 0 Å². The van der Waals surface area contributed by atoms with Gasteiger partial charge >= 0.3 is 0 Å². The van der Waals surface area contributed by atoms with Crippen molar-refractivity contribution in [3.8, 4) is 0 Å². The summed E-state index contributed by atoms with van der Waals surface area (Å²) in [6.45, 7) is 7.09. The van der Waals surface area contributed by atoms with E-state index in [9.17, 15) is 9.59 Å². The summed E-state index contributed by atoms with van der Waals surface area (Å²) < 4.78 is 0. The molecule has 1 fully saturated rings. The van der Waals surface area contributed by atoms with E-state index < -0.39 is 0 Å². The Hall–Kier alpha value is -1.10. The highest BCUT2D eigenvalue weighted by atomic mass is 16.2. The Morgan fingerprint density at radius 3 is 2.47 bits per heavy atom. The number of carbonyl (C=O) groups is 2. The lowest BCUT2D eigenvalue weighted by Gasteiger charge is -2.27. The summed E-state index contributed by atoms with van der Waals surface area (Å²) in [5.41, 5.74) is 0. The van der Waals surface area contributed by atoms with Crippen molar-refractivity contribution in [2.75, 3.05) is 26.2 Å². The Labute approximate surface area is 115 Å². The number of amides is 2. The van der Waals surface area contributed by atoms with Gasteiger partial charge in [0.1, 0.15) is 0 Å². The molecule has 0 aromatic heterocycles. The van der Waals surface area contributed by atoms with Gasteiger partial charge in [-0.2, -0.15) is 0 Å². The third kappa shape index (κ3) is 7.15. The average Bonchev–Trinajstić information content (AvgIpc) is 2.39. The van der Waals surface area contributed by atoms with Crippen LogP contribution < -0.4 is 16.0 Å². The standard InChI is InChI=1S/C14H27N3O2/c1-11(13-4-8-15-9-5-13)10-14(19)17-7-3-6-16-12(2)18/h11,13,15H,3-10H2,1-2H3,(H,16,18)(H,17,19). The van der Waals surface area contributed by atoms with E-state index in [0.29, 0.717) is 31.3 Å². The maximum Gasteiger partial charge on any atom is 0.220 e. The summed E-state index contributed by atoms with van der Waals surface area (Å²) in [6, 6.07) is 0. The number of hydrogen-bond donors (Lipinski definition) is 3. The molecule has 1 unspecified atom stereocenters. The van der Waals surface area contributed by atoms with Crippen molar-refractivity contribution in [2.24, 2.45) is 11.8 Å². The maximum absolute atomic E-state index is 11.8. The largest absolute Gasteiger partial charge is 0.356 e. The fourth-order valence-corrected chi connectivity index (χ4v) is 2.53. The zero-order valence-corrected chi connectivity index (χ0v) is 12.1. The minimum atomic E-state index is -0.0224. The fraction of sp³-hybridized carbons (Fsp3) is 0.857. The molecule has 1 rings (SSSR count). The number of rotatable bonds is 7. The zero-order valence-electron chi connectivity index (χ0n) is 12.1. The van der Waals surface area contributed by atoms with Crippen LogP contribution in [0.3, 0.4) is 0 Å². The minimum Gasteiger partial charge on any atom is -0.356 e. The van der Waals surface area contributed by atoms with Crippen LogP contribution in [0.25, 0.3) is 0 Å². The maximum atomic E-state index is 11.8. The SMILES string of the molecule is CC(=O)NCCCNC(=O)CC(C)C1CCNCC1. The van der Waals surface area contributed by atoms with Crippen LogP contribution in [0, 0.1) is 11.8 Å². The summed E-state index contributed by atoms with van der Waals surface area (Å²) in [4.78, 5) is 22.4. The van der Waals surface area contributed by atoms with Gasteiger partial charge in [-0.15, -0.1) is 0 Å². The number of hydrogen-bond acceptors (Lipinski definition) is 3. The van der Waals surface area contributed by atoms with Gasteiger partial charge in [-0.1, -0.05) is 6.92 Å². The quantitative estimate of drug-likeness (QED) is 0.595. The summed E-state index contributed by atoms with van der Waals surface area (Å²) in [5.74, 6) is 1.24. The fourth-order valence-electron chi connectivity index (χ4n) is 2.53. The van der Waals surface area contributed by atoms with Crippen molar-refractivity contribution < 1.29 is 9.59 Å². The highest BCUT2D eigenvalue weighted by Gasteiger charge is 2.21. The predicted molar refractivity (Wildman–Crippen MR) is 75.7 cm³/mol. The molecule has 0 radical (unpaired) electrons. The van der Waals surface area contributed by atoms with Crippen molar-refractivity contribution in [3.05, 3.63) is 0 Å². The second kappa shape index (κ2) is 8.91. The summed E-state index contributed by atoms with van der Waals surface area (Å²) in [6.07, 6.45) is 3.76. The Morgan fingerprint density at radius 2 is 1.84 bits per heavy atom. The molecule has 110 valence electrons. The lowest BCUT2D eigenvalue weighted by atomic mass is 9.84. The monoisotopic (exact) mass is 269 g/mol. The van der Waals surface area contributed by atoms with Gasteiger partial charge in [0.2, 0.25) is 11.8 Å². The van der Waals surface area contributed by atoms with Crippen LogP contribution in [-0.2, 0) is 9.59 Å². The molecule has 1 aliphatic rings. The summed E-state index contributed by atoms with van der Waals surface area (Å²) >= 11 is 0. The first-order chi connectivity index (χ1) is 9.09. The molecule has 1 atom stereocenters. The number of nitrogens with one attached hydrogen (secondary N) is 3. The lowest BCUT2D eigenvalue weighted by Crippen LogP contribution is -2.34. The van der Waals surface area contributed by atoms with Crippen molar-refractivity contribution in [3.63, 3.8) is 0 Å². The number of piperidine rings is 1. The molecule has 0 aromatic carbocycles. The Morgan fingerprint density at radius 1 is 1.21 bits per heavy atom. The van der Waals surface area contributed by atoms with Crippen molar-refractivity contribution >= 4 is 11.8 Å². The smallest absolute Gasteiger partial charge is 0.220 e. The molecule has 0 bridgehead atoms. The van der Waals surface area contributed by atoms with E-state index in [4.69, 9.17) is 0 Å². The van der Waals surface area contributed by atoms with E-state index in [1.165, 1.54) is 19.8 Å². The van der Waals surface area contributed by atoms with Crippen LogP contribution >= 0.6 is 0 Å². The second-order valence-corrected chi connectivity index (χ2v) is 5.46. The average molecular weight is 269 g/mol. The third-order valence-electron chi connectivity index (χ3n) is 3.75. The number of carbonyl (C=O) groups excluding carboxylic acids is 2. The Bertz CT molecular complexity index is 288. The van der Waals surface area contributed by atoms with Crippen LogP contribution in [0.5, 0.6) is 0 Å². The molecule has 0 aromatic rings. The highest BCUT2D eigenvalue weighted by Crippen LogP contribution is 2.23. The van der Waals surface area contributed by atoms with E-state index in [0.717, 1.165) is 19.5 Å². The Kier molecular flexibility index (Phi) is 7.48. The third-order valence-corrected chi connectivity index (χ3v) is 3.75. The second-order valence-electron chi connectivity index (χ2n) is 5.46. The molecule has 3 N–H and O–H groups in total. The topological polar surface area (TPSA) is 70.2 Å². The molecule has 0 saturated carbocycles. The van der Waals surface area contributed by atoms with E-state index in [2.05, 4.69) is 22.9 Å². The van der Waals surface area contributed by atoms with Crippen LogP contribution in [0.1, 0.15) is 39.5 Å². The van der Waals surface area contributed by atoms with Gasteiger partial charge in [0.15, 0.2) is 0 Å². The molecule has 19 heavy (non-hydrogen) atoms. The van der Waals surface area contributed by atoms with Gasteiger partial charge in [0.25, 0.3) is 0 Å². The molecular weight excluding hydrogens is 242 g/mol. The molecule has 2 amide bonds. The van der Waals surface area contributed by atoms with Gasteiger partial charge in [-0.05, 0) is 44.2 Å². The molecule has 5 nitrogen and oxygen atoms in total. The molecule has 0 aliphatic carbocycles. The zero-order chi connectivity index (χ0) is 14.1. The van der Waals surface area contributed by atoms with Gasteiger partial charge in [-0.3, -0.25) is 9.59 Å². The van der Waals surface area contributed by atoms with Crippen molar-refractivity contribution in [1.29, 1.82) is 0 Å². The molecule has 5 heteroatoms. The minimum absolute atomic E-state index is 0.0224. The van der Waals surface area contributed by atoms with Gasteiger partial charge in [0.05, 0.1) is 0 Å². The molecule has 0 spiro atoms. The summed E-state index contributed by atoms with van der Waals surface area (Å²) in [7, 11) is 0. The molecular formula is C14H27N3O2. The van der Waals surface area contributed by atoms with Crippen molar-refractivity contribution in [2.45, 2.75) is 39.5 Å². The highest BCUT2D eigenvalue weighted by molar-refractivity contribution is 5.76. The van der Waals surface area contributed by atoms with E-state index in [-0.39, 0.29) is 11.8 Å².